The van der Waals surface area contributed by atoms with Crippen molar-refractivity contribution in [2.45, 2.75) is 39.9 Å². The van der Waals surface area contributed by atoms with Crippen LogP contribution < -0.4 is 20.7 Å². The topological polar surface area (TPSA) is 80.3 Å². The van der Waals surface area contributed by atoms with Crippen LogP contribution in [0.2, 0.25) is 0 Å². The monoisotopic (exact) mass is 490 g/mol. The number of ether oxygens (including phenoxy) is 2. The molecule has 0 aliphatic rings. The third-order valence-electron chi connectivity index (χ3n) is 5.12. The Balaban J connectivity index is 2.20. The molecule has 8 nitrogen and oxygen atoms in total. The Morgan fingerprint density at radius 2 is 1.71 bits per heavy atom. The lowest BCUT2D eigenvalue weighted by atomic mass is 10.2. The maximum Gasteiger partial charge on any atom is 0.332 e. The maximum absolute atomic E-state index is 13.1. The van der Waals surface area contributed by atoms with Gasteiger partial charge in [-0.1, -0.05) is 28.1 Å². The number of nitrogens with zero attached hydrogens (tertiary/aromatic N) is 4. The molecule has 2 heterocycles. The molecule has 3 rings (SSSR count). The summed E-state index contributed by atoms with van der Waals surface area (Å²) in [4.78, 5) is 30.5. The molecule has 0 atom stereocenters. The Morgan fingerprint density at radius 1 is 1.00 bits per heavy atom. The van der Waals surface area contributed by atoms with Crippen LogP contribution in [0, 0.1) is 0 Å². The van der Waals surface area contributed by atoms with Gasteiger partial charge in [-0.3, -0.25) is 13.9 Å². The van der Waals surface area contributed by atoms with E-state index in [0.717, 1.165) is 17.3 Å². The van der Waals surface area contributed by atoms with Gasteiger partial charge in [0.05, 0.1) is 14.2 Å². The lowest BCUT2D eigenvalue weighted by Gasteiger charge is -2.10. The molecule has 166 valence electrons. The van der Waals surface area contributed by atoms with Crippen LogP contribution in [-0.2, 0) is 19.6 Å². The molecule has 0 fully saturated rings. The van der Waals surface area contributed by atoms with Gasteiger partial charge in [-0.15, -0.1) is 0 Å². The highest BCUT2D eigenvalue weighted by molar-refractivity contribution is 9.09. The van der Waals surface area contributed by atoms with Crippen molar-refractivity contribution in [1.82, 2.24) is 18.7 Å². The first kappa shape index (κ1) is 22.9. The SMILES string of the molecule is CCn1c(=O)c2c(nc(/C=C/c3ccc(OC)c(OC)c3)n2CCCBr)n(CC)c1=O. The predicted molar refractivity (Wildman–Crippen MR) is 126 cm³/mol. The van der Waals surface area contributed by atoms with E-state index in [1.165, 1.54) is 4.57 Å². The van der Waals surface area contributed by atoms with E-state index in [0.29, 0.717) is 48.1 Å². The van der Waals surface area contributed by atoms with E-state index >= 15 is 0 Å². The molecule has 0 saturated carbocycles. The molecular weight excluding hydrogens is 464 g/mol. The first-order valence-corrected chi connectivity index (χ1v) is 11.3. The molecule has 0 spiro atoms. The molecular formula is C22H27BrN4O4. The number of imidazole rings is 1. The summed E-state index contributed by atoms with van der Waals surface area (Å²) in [6.45, 7) is 5.03. The van der Waals surface area contributed by atoms with Crippen molar-refractivity contribution in [3.8, 4) is 11.5 Å². The molecule has 0 bridgehead atoms. The van der Waals surface area contributed by atoms with E-state index in [-0.39, 0.29) is 11.2 Å². The molecule has 31 heavy (non-hydrogen) atoms. The molecule has 9 heteroatoms. The molecule has 3 aromatic rings. The van der Waals surface area contributed by atoms with Gasteiger partial charge >= 0.3 is 5.69 Å². The number of fused-ring (bicyclic) bond motifs is 1. The average Bonchev–Trinajstić information content (AvgIpc) is 3.14. The number of benzene rings is 1. The van der Waals surface area contributed by atoms with Crippen LogP contribution in [0.1, 0.15) is 31.7 Å². The van der Waals surface area contributed by atoms with Gasteiger partial charge in [-0.05, 0) is 44.0 Å². The van der Waals surface area contributed by atoms with Crippen molar-refractivity contribution in [1.29, 1.82) is 0 Å². The minimum absolute atomic E-state index is 0.306. The smallest absolute Gasteiger partial charge is 0.332 e. The van der Waals surface area contributed by atoms with Crippen molar-refractivity contribution in [3.63, 3.8) is 0 Å². The summed E-state index contributed by atoms with van der Waals surface area (Å²) in [5, 5.41) is 0.793. The molecule has 0 amide bonds. The van der Waals surface area contributed by atoms with Gasteiger partial charge in [0.25, 0.3) is 5.56 Å². The van der Waals surface area contributed by atoms with Crippen LogP contribution in [0.3, 0.4) is 0 Å². The number of halogens is 1. The zero-order chi connectivity index (χ0) is 22.5. The van der Waals surface area contributed by atoms with Crippen molar-refractivity contribution in [2.75, 3.05) is 19.5 Å². The standard InChI is InChI=1S/C22H27BrN4O4/c1-5-25-20-19(21(28)26(6-2)22(25)29)27(13-7-12-23)18(24-20)11-9-15-8-10-16(30-3)17(14-15)31-4/h8-11,14H,5-7,12-13H2,1-4H3/b11-9+. The van der Waals surface area contributed by atoms with Crippen molar-refractivity contribution >= 4 is 39.2 Å². The van der Waals surface area contributed by atoms with E-state index in [9.17, 15) is 9.59 Å². The van der Waals surface area contributed by atoms with Crippen LogP contribution in [0.25, 0.3) is 23.3 Å². The first-order valence-electron chi connectivity index (χ1n) is 10.2. The third kappa shape index (κ3) is 4.32. The quantitative estimate of drug-likeness (QED) is 0.429. The average molecular weight is 491 g/mol. The van der Waals surface area contributed by atoms with Crippen LogP contribution in [-0.4, -0.2) is 38.2 Å². The Kier molecular flexibility index (Phi) is 7.37. The molecule has 0 unspecified atom stereocenters. The lowest BCUT2D eigenvalue weighted by Crippen LogP contribution is -2.40. The van der Waals surface area contributed by atoms with E-state index in [1.807, 2.05) is 41.8 Å². The summed E-state index contributed by atoms with van der Waals surface area (Å²) in [6.07, 6.45) is 4.58. The largest absolute Gasteiger partial charge is 0.493 e. The molecule has 0 N–H and O–H groups in total. The fraction of sp³-hybridized carbons (Fsp3) is 0.409. The van der Waals surface area contributed by atoms with Crippen LogP contribution in [0.15, 0.2) is 27.8 Å². The number of rotatable bonds is 9. The summed E-state index contributed by atoms with van der Waals surface area (Å²) in [5.41, 5.74) is 1.14. The predicted octanol–water partition coefficient (Wildman–Crippen LogP) is 3.37. The highest BCUT2D eigenvalue weighted by atomic mass is 79.9. The molecule has 0 radical (unpaired) electrons. The van der Waals surface area contributed by atoms with Crippen molar-refractivity contribution in [2.24, 2.45) is 0 Å². The minimum atomic E-state index is -0.330. The molecule has 2 aromatic heterocycles. The van der Waals surface area contributed by atoms with Crippen LogP contribution >= 0.6 is 15.9 Å². The van der Waals surface area contributed by atoms with Crippen molar-refractivity contribution < 1.29 is 9.47 Å². The third-order valence-corrected chi connectivity index (χ3v) is 5.68. The summed E-state index contributed by atoms with van der Waals surface area (Å²) in [7, 11) is 3.18. The van der Waals surface area contributed by atoms with E-state index < -0.39 is 0 Å². The summed E-state index contributed by atoms with van der Waals surface area (Å²) >= 11 is 3.46. The number of hydrogen-bond acceptors (Lipinski definition) is 5. The fourth-order valence-corrected chi connectivity index (χ4v) is 3.82. The Hall–Kier alpha value is -2.81. The molecule has 0 aliphatic heterocycles. The van der Waals surface area contributed by atoms with Gasteiger partial charge in [-0.2, -0.15) is 0 Å². The van der Waals surface area contributed by atoms with Gasteiger partial charge in [0.2, 0.25) is 0 Å². The van der Waals surface area contributed by atoms with Crippen LogP contribution in [0.5, 0.6) is 11.5 Å². The zero-order valence-corrected chi connectivity index (χ0v) is 19.8. The Morgan fingerprint density at radius 3 is 2.32 bits per heavy atom. The van der Waals surface area contributed by atoms with E-state index in [1.54, 1.807) is 25.7 Å². The van der Waals surface area contributed by atoms with Crippen LogP contribution in [0.4, 0.5) is 0 Å². The normalized spacial score (nSPS) is 11.5. The Bertz CT molecular complexity index is 1220. The van der Waals surface area contributed by atoms with Gasteiger partial charge < -0.3 is 14.0 Å². The van der Waals surface area contributed by atoms with Gasteiger partial charge in [0.15, 0.2) is 22.7 Å². The van der Waals surface area contributed by atoms with E-state index in [2.05, 4.69) is 20.9 Å². The maximum atomic E-state index is 13.1. The summed E-state index contributed by atoms with van der Waals surface area (Å²) < 4.78 is 15.4. The highest BCUT2D eigenvalue weighted by Gasteiger charge is 2.19. The highest BCUT2D eigenvalue weighted by Crippen LogP contribution is 2.28. The molecule has 1 aromatic carbocycles. The molecule has 0 aliphatic carbocycles. The van der Waals surface area contributed by atoms with Gasteiger partial charge in [0, 0.05) is 25.0 Å². The van der Waals surface area contributed by atoms with E-state index in [4.69, 9.17) is 9.47 Å². The minimum Gasteiger partial charge on any atom is -0.493 e. The zero-order valence-electron chi connectivity index (χ0n) is 18.2. The summed E-state index contributed by atoms with van der Waals surface area (Å²) in [6, 6.07) is 5.61. The fourth-order valence-electron chi connectivity index (χ4n) is 3.57. The van der Waals surface area contributed by atoms with Gasteiger partial charge in [0.1, 0.15) is 5.82 Å². The lowest BCUT2D eigenvalue weighted by molar-refractivity contribution is 0.355. The second kappa shape index (κ2) is 10.00. The molecule has 0 saturated heterocycles. The van der Waals surface area contributed by atoms with Gasteiger partial charge in [-0.25, -0.2) is 9.78 Å². The second-order valence-corrected chi connectivity index (χ2v) is 7.65. The number of methoxy groups -OCH3 is 2. The number of aromatic nitrogens is 4. The number of hydrogen-bond donors (Lipinski definition) is 0. The number of aryl methyl sites for hydroxylation is 2. The number of alkyl halides is 1. The first-order chi connectivity index (χ1) is 15.0. The second-order valence-electron chi connectivity index (χ2n) is 6.86. The van der Waals surface area contributed by atoms with Crippen molar-refractivity contribution in [3.05, 3.63) is 50.4 Å². The Labute approximate surface area is 188 Å². The summed E-state index contributed by atoms with van der Waals surface area (Å²) in [5.74, 6) is 1.90.